The van der Waals surface area contributed by atoms with Crippen molar-refractivity contribution in [1.82, 2.24) is 0 Å². The topological polar surface area (TPSA) is 0 Å². The maximum absolute atomic E-state index is 2.21. The van der Waals surface area contributed by atoms with Crippen LogP contribution in [-0.2, 0) is 0 Å². The Bertz CT molecular complexity index is 898. The molecule has 0 spiro atoms. The van der Waals surface area contributed by atoms with Crippen LogP contribution in [0.3, 0.4) is 0 Å². The first-order chi connectivity index (χ1) is 10.9. The van der Waals surface area contributed by atoms with Crippen molar-refractivity contribution in [2.75, 3.05) is 0 Å². The molecular formula is C22H16. The highest BCUT2D eigenvalue weighted by Gasteiger charge is 2.03. The van der Waals surface area contributed by atoms with Crippen LogP contribution in [0.4, 0.5) is 0 Å². The molecule has 4 aromatic carbocycles. The Morgan fingerprint density at radius 2 is 0.955 bits per heavy atom. The molecule has 0 aromatic heterocycles. The van der Waals surface area contributed by atoms with E-state index in [1.54, 1.807) is 0 Å². The van der Waals surface area contributed by atoms with Crippen LogP contribution in [0, 0.1) is 0 Å². The summed E-state index contributed by atoms with van der Waals surface area (Å²) >= 11 is 0. The molecule has 0 atom stereocenters. The first-order valence-corrected chi connectivity index (χ1v) is 7.55. The highest BCUT2D eigenvalue weighted by atomic mass is 14.1. The third-order valence-electron chi connectivity index (χ3n) is 4.09. The zero-order valence-electron chi connectivity index (χ0n) is 12.2. The molecular weight excluding hydrogens is 264 g/mol. The Morgan fingerprint density at radius 1 is 0.364 bits per heavy atom. The average molecular weight is 280 g/mol. The van der Waals surface area contributed by atoms with E-state index in [-0.39, 0.29) is 0 Å². The van der Waals surface area contributed by atoms with Gasteiger partial charge >= 0.3 is 0 Å². The number of benzene rings is 4. The molecule has 0 saturated carbocycles. The number of rotatable bonds is 2. The molecule has 0 aliphatic heterocycles. The monoisotopic (exact) mass is 280 g/mol. The predicted molar refractivity (Wildman–Crippen MR) is 94.8 cm³/mol. The molecule has 0 N–H and O–H groups in total. The highest BCUT2D eigenvalue weighted by Crippen LogP contribution is 2.30. The van der Waals surface area contributed by atoms with Crippen molar-refractivity contribution in [2.45, 2.75) is 0 Å². The summed E-state index contributed by atoms with van der Waals surface area (Å²) in [6.45, 7) is 0. The summed E-state index contributed by atoms with van der Waals surface area (Å²) < 4.78 is 0. The summed E-state index contributed by atoms with van der Waals surface area (Å²) in [5.74, 6) is 0. The Kier molecular flexibility index (Phi) is 3.21. The van der Waals surface area contributed by atoms with Crippen LogP contribution in [0.25, 0.3) is 33.0 Å². The number of hydrogen-bond donors (Lipinski definition) is 0. The summed E-state index contributed by atoms with van der Waals surface area (Å²) in [5.41, 5.74) is 5.06. The lowest BCUT2D eigenvalue weighted by Gasteiger charge is -2.08. The Morgan fingerprint density at radius 3 is 1.77 bits per heavy atom. The van der Waals surface area contributed by atoms with Crippen molar-refractivity contribution in [3.05, 3.63) is 97.1 Å². The van der Waals surface area contributed by atoms with Crippen molar-refractivity contribution < 1.29 is 0 Å². The molecule has 0 radical (unpaired) electrons. The fourth-order valence-electron chi connectivity index (χ4n) is 2.95. The molecule has 104 valence electrons. The lowest BCUT2D eigenvalue weighted by atomic mass is 9.96. The molecule has 22 heavy (non-hydrogen) atoms. The van der Waals surface area contributed by atoms with Crippen LogP contribution in [-0.4, -0.2) is 0 Å². The van der Waals surface area contributed by atoms with E-state index in [1.807, 2.05) is 6.07 Å². The molecule has 0 aliphatic rings. The lowest BCUT2D eigenvalue weighted by Crippen LogP contribution is -1.82. The minimum Gasteiger partial charge on any atom is -0.0622 e. The molecule has 0 nitrogen and oxygen atoms in total. The van der Waals surface area contributed by atoms with Crippen LogP contribution < -0.4 is 0 Å². The molecule has 0 amide bonds. The fraction of sp³-hybridized carbons (Fsp3) is 0. The quantitative estimate of drug-likeness (QED) is 0.411. The average Bonchev–Trinajstić information content (AvgIpc) is 2.62. The van der Waals surface area contributed by atoms with Gasteiger partial charge in [0.1, 0.15) is 0 Å². The van der Waals surface area contributed by atoms with Crippen molar-refractivity contribution in [2.24, 2.45) is 0 Å². The molecule has 0 heteroatoms. The number of hydrogen-bond acceptors (Lipinski definition) is 0. The van der Waals surface area contributed by atoms with E-state index in [0.717, 1.165) is 0 Å². The van der Waals surface area contributed by atoms with Gasteiger partial charge in [-0.05, 0) is 33.0 Å². The van der Waals surface area contributed by atoms with E-state index in [1.165, 1.54) is 33.0 Å². The van der Waals surface area contributed by atoms with Gasteiger partial charge in [0.25, 0.3) is 0 Å². The lowest BCUT2D eigenvalue weighted by molar-refractivity contribution is 1.60. The fourth-order valence-corrected chi connectivity index (χ4v) is 2.95. The van der Waals surface area contributed by atoms with Crippen molar-refractivity contribution in [3.8, 4) is 22.3 Å². The largest absolute Gasteiger partial charge is 0.0622 e. The van der Waals surface area contributed by atoms with E-state index in [2.05, 4.69) is 91.0 Å². The predicted octanol–water partition coefficient (Wildman–Crippen LogP) is 6.17. The van der Waals surface area contributed by atoms with Crippen LogP contribution >= 0.6 is 0 Å². The molecule has 4 rings (SSSR count). The molecule has 0 aliphatic carbocycles. The minimum atomic E-state index is 1.25. The Hall–Kier alpha value is -2.86. The molecule has 0 heterocycles. The van der Waals surface area contributed by atoms with Gasteiger partial charge < -0.3 is 0 Å². The summed E-state index contributed by atoms with van der Waals surface area (Å²) in [7, 11) is 0. The van der Waals surface area contributed by atoms with Gasteiger partial charge in [0.05, 0.1) is 0 Å². The van der Waals surface area contributed by atoms with E-state index >= 15 is 0 Å². The molecule has 4 aromatic rings. The van der Waals surface area contributed by atoms with Gasteiger partial charge in [0.15, 0.2) is 0 Å². The molecule has 0 unspecified atom stereocenters. The molecule has 0 bridgehead atoms. The van der Waals surface area contributed by atoms with E-state index in [0.29, 0.717) is 0 Å². The zero-order chi connectivity index (χ0) is 14.8. The van der Waals surface area contributed by atoms with Crippen molar-refractivity contribution >= 4 is 10.8 Å². The standard InChI is InChI=1S/C22H16/c1-2-7-17(8-3-1)18-13-15-20(16-14-18)22-12-6-10-19-9-4-5-11-21(19)22/h1-16H. The second-order valence-corrected chi connectivity index (χ2v) is 5.47. The van der Waals surface area contributed by atoms with E-state index < -0.39 is 0 Å². The van der Waals surface area contributed by atoms with Crippen molar-refractivity contribution in [3.63, 3.8) is 0 Å². The zero-order valence-corrected chi connectivity index (χ0v) is 12.2. The van der Waals surface area contributed by atoms with Crippen LogP contribution in [0.1, 0.15) is 0 Å². The van der Waals surface area contributed by atoms with Gasteiger partial charge in [0.2, 0.25) is 0 Å². The van der Waals surface area contributed by atoms with Gasteiger partial charge in [0, 0.05) is 0 Å². The second kappa shape index (κ2) is 5.50. The maximum Gasteiger partial charge on any atom is -0.0105 e. The first-order valence-electron chi connectivity index (χ1n) is 7.55. The highest BCUT2D eigenvalue weighted by molar-refractivity contribution is 5.96. The summed E-state index contributed by atoms with van der Waals surface area (Å²) in [6, 6.07) is 34.4. The Labute approximate surface area is 130 Å². The third-order valence-corrected chi connectivity index (χ3v) is 4.09. The van der Waals surface area contributed by atoms with Gasteiger partial charge in [-0.2, -0.15) is 0 Å². The van der Waals surface area contributed by atoms with Crippen LogP contribution in [0.5, 0.6) is 0 Å². The minimum absolute atomic E-state index is 1.25. The SMILES string of the molecule is c1ccc(-c2ccc(-c3cccc4ccccc34)cc2)cc1. The number of fused-ring (bicyclic) bond motifs is 1. The van der Waals surface area contributed by atoms with Gasteiger partial charge in [-0.15, -0.1) is 0 Å². The van der Waals surface area contributed by atoms with Gasteiger partial charge in [-0.1, -0.05) is 97.1 Å². The molecule has 0 fully saturated rings. The third kappa shape index (κ3) is 2.29. The van der Waals surface area contributed by atoms with Gasteiger partial charge in [-0.25, -0.2) is 0 Å². The summed E-state index contributed by atoms with van der Waals surface area (Å²) in [6.07, 6.45) is 0. The molecule has 0 saturated heterocycles. The van der Waals surface area contributed by atoms with Crippen LogP contribution in [0.2, 0.25) is 0 Å². The summed E-state index contributed by atoms with van der Waals surface area (Å²) in [5, 5.41) is 2.59. The van der Waals surface area contributed by atoms with E-state index in [4.69, 9.17) is 0 Å². The van der Waals surface area contributed by atoms with Gasteiger partial charge in [-0.3, -0.25) is 0 Å². The second-order valence-electron chi connectivity index (χ2n) is 5.47. The van der Waals surface area contributed by atoms with E-state index in [9.17, 15) is 0 Å². The normalized spacial score (nSPS) is 10.7. The smallest absolute Gasteiger partial charge is 0.0105 e. The maximum atomic E-state index is 2.21. The first kappa shape index (κ1) is 12.8. The van der Waals surface area contributed by atoms with Crippen molar-refractivity contribution in [1.29, 1.82) is 0 Å². The van der Waals surface area contributed by atoms with Crippen LogP contribution in [0.15, 0.2) is 97.1 Å². The summed E-state index contributed by atoms with van der Waals surface area (Å²) in [4.78, 5) is 0. The Balaban J connectivity index is 1.80.